The zero-order chi connectivity index (χ0) is 21.1. The molecule has 4 nitrogen and oxygen atoms in total. The summed E-state index contributed by atoms with van der Waals surface area (Å²) >= 11 is 0. The number of rotatable bonds is 6. The summed E-state index contributed by atoms with van der Waals surface area (Å²) in [7, 11) is -3.95. The number of aromatic nitrogens is 1. The van der Waals surface area contributed by atoms with Crippen molar-refractivity contribution in [2.75, 3.05) is 0 Å². The molecule has 0 saturated heterocycles. The maximum atomic E-state index is 14.4. The first kappa shape index (κ1) is 19.9. The van der Waals surface area contributed by atoms with Crippen LogP contribution in [-0.4, -0.2) is 12.4 Å². The highest BCUT2D eigenvalue weighted by molar-refractivity contribution is 7.90. The van der Waals surface area contributed by atoms with Crippen LogP contribution in [0.4, 0.5) is 4.39 Å². The molecule has 0 N–H and O–H groups in total. The summed E-state index contributed by atoms with van der Waals surface area (Å²) in [6.45, 7) is 2.10. The summed E-state index contributed by atoms with van der Waals surface area (Å²) < 4.78 is 48.0. The van der Waals surface area contributed by atoms with Crippen molar-refractivity contribution in [3.8, 4) is 17.0 Å². The van der Waals surface area contributed by atoms with E-state index >= 15 is 0 Å². The molecule has 3 aromatic carbocycles. The normalized spacial score (nSPS) is 11.4. The molecular formula is C24H20FNO3S. The third-order valence-electron chi connectivity index (χ3n) is 4.68. The molecule has 0 saturated carbocycles. The third-order valence-corrected chi connectivity index (χ3v) is 6.35. The Balaban J connectivity index is 1.69. The molecule has 0 unspecified atom stereocenters. The SMILES string of the molecule is Cc1cc(-c2ccccc2F)n(S(=O)(=O)c2cccc(OCc3ccccc3)c2)c1. The van der Waals surface area contributed by atoms with Gasteiger partial charge in [-0.3, -0.25) is 0 Å². The average Bonchev–Trinajstić information content (AvgIpc) is 3.16. The van der Waals surface area contributed by atoms with Gasteiger partial charge in [0.05, 0.1) is 10.6 Å². The minimum absolute atomic E-state index is 0.0706. The van der Waals surface area contributed by atoms with Gasteiger partial charge in [-0.25, -0.2) is 16.8 Å². The topological polar surface area (TPSA) is 48.3 Å². The van der Waals surface area contributed by atoms with Crippen LogP contribution in [0.1, 0.15) is 11.1 Å². The molecule has 0 atom stereocenters. The summed E-state index contributed by atoms with van der Waals surface area (Å²) in [6, 6.07) is 23.7. The standard InChI is InChI=1S/C24H20FNO3S/c1-18-14-24(22-12-5-6-13-23(22)25)26(16-18)30(27,28)21-11-7-10-20(15-21)29-17-19-8-3-2-4-9-19/h2-16H,17H2,1H3. The lowest BCUT2D eigenvalue weighted by Gasteiger charge is -2.13. The smallest absolute Gasteiger partial charge is 0.268 e. The van der Waals surface area contributed by atoms with E-state index in [1.165, 1.54) is 24.4 Å². The summed E-state index contributed by atoms with van der Waals surface area (Å²) in [5.41, 5.74) is 2.20. The van der Waals surface area contributed by atoms with E-state index in [0.29, 0.717) is 17.9 Å². The fraction of sp³-hybridized carbons (Fsp3) is 0.0833. The molecular weight excluding hydrogens is 401 g/mol. The van der Waals surface area contributed by atoms with E-state index in [4.69, 9.17) is 4.74 Å². The Morgan fingerprint density at radius 2 is 1.63 bits per heavy atom. The molecule has 0 amide bonds. The molecule has 152 valence electrons. The van der Waals surface area contributed by atoms with Crippen LogP contribution < -0.4 is 4.74 Å². The molecule has 0 aliphatic rings. The van der Waals surface area contributed by atoms with Crippen LogP contribution in [0.15, 0.2) is 96.0 Å². The van der Waals surface area contributed by atoms with E-state index in [9.17, 15) is 12.8 Å². The van der Waals surface area contributed by atoms with Gasteiger partial charge >= 0.3 is 0 Å². The molecule has 0 aliphatic heterocycles. The molecule has 4 aromatic rings. The van der Waals surface area contributed by atoms with Gasteiger partial charge in [0, 0.05) is 17.8 Å². The number of hydrogen-bond acceptors (Lipinski definition) is 3. The van der Waals surface area contributed by atoms with Crippen LogP contribution >= 0.6 is 0 Å². The number of hydrogen-bond donors (Lipinski definition) is 0. The lowest BCUT2D eigenvalue weighted by atomic mass is 10.1. The van der Waals surface area contributed by atoms with Gasteiger partial charge in [-0.2, -0.15) is 0 Å². The fourth-order valence-corrected chi connectivity index (χ4v) is 4.67. The van der Waals surface area contributed by atoms with Crippen molar-refractivity contribution >= 4 is 10.0 Å². The number of nitrogens with zero attached hydrogens (tertiary/aromatic N) is 1. The average molecular weight is 421 g/mol. The van der Waals surface area contributed by atoms with Gasteiger partial charge in [-0.15, -0.1) is 0 Å². The molecule has 1 aromatic heterocycles. The second kappa shape index (κ2) is 8.16. The summed E-state index contributed by atoms with van der Waals surface area (Å²) in [4.78, 5) is 0.0706. The largest absolute Gasteiger partial charge is 0.489 e. The lowest BCUT2D eigenvalue weighted by Crippen LogP contribution is -2.13. The van der Waals surface area contributed by atoms with E-state index < -0.39 is 15.8 Å². The van der Waals surface area contributed by atoms with E-state index in [-0.39, 0.29) is 16.2 Å². The number of ether oxygens (including phenoxy) is 1. The predicted molar refractivity (Wildman–Crippen MR) is 114 cm³/mol. The minimum atomic E-state index is -3.95. The quantitative estimate of drug-likeness (QED) is 0.418. The second-order valence-electron chi connectivity index (χ2n) is 6.93. The van der Waals surface area contributed by atoms with Crippen molar-refractivity contribution in [3.63, 3.8) is 0 Å². The van der Waals surface area contributed by atoms with Gasteiger partial charge in [0.15, 0.2) is 0 Å². The first-order valence-corrected chi connectivity index (χ1v) is 10.9. The Morgan fingerprint density at radius 3 is 2.40 bits per heavy atom. The lowest BCUT2D eigenvalue weighted by molar-refractivity contribution is 0.305. The molecule has 0 aliphatic carbocycles. The Labute approximate surface area is 175 Å². The van der Waals surface area contributed by atoms with Crippen molar-refractivity contribution in [1.82, 2.24) is 3.97 Å². The predicted octanol–water partition coefficient (Wildman–Crippen LogP) is 5.42. The highest BCUT2D eigenvalue weighted by atomic mass is 32.2. The minimum Gasteiger partial charge on any atom is -0.489 e. The van der Waals surface area contributed by atoms with Crippen LogP contribution in [0.5, 0.6) is 5.75 Å². The molecule has 30 heavy (non-hydrogen) atoms. The fourth-order valence-electron chi connectivity index (χ4n) is 3.21. The summed E-state index contributed by atoms with van der Waals surface area (Å²) in [6.07, 6.45) is 1.49. The van der Waals surface area contributed by atoms with Gasteiger partial charge in [0.25, 0.3) is 10.0 Å². The van der Waals surface area contributed by atoms with E-state index in [1.807, 2.05) is 30.3 Å². The Bertz CT molecular complexity index is 1280. The van der Waals surface area contributed by atoms with Gasteiger partial charge in [0.2, 0.25) is 0 Å². The van der Waals surface area contributed by atoms with Gasteiger partial charge in [-0.05, 0) is 48.4 Å². The van der Waals surface area contributed by atoms with E-state index in [0.717, 1.165) is 9.54 Å². The monoisotopic (exact) mass is 421 g/mol. The zero-order valence-corrected chi connectivity index (χ0v) is 17.1. The molecule has 0 fully saturated rings. The molecule has 4 rings (SSSR count). The first-order valence-electron chi connectivity index (χ1n) is 9.41. The van der Waals surface area contributed by atoms with Crippen LogP contribution in [0.25, 0.3) is 11.3 Å². The number of benzene rings is 3. The molecule has 1 heterocycles. The van der Waals surface area contributed by atoms with E-state index in [1.54, 1.807) is 43.3 Å². The molecule has 0 spiro atoms. The Morgan fingerprint density at radius 1 is 0.900 bits per heavy atom. The van der Waals surface area contributed by atoms with Gasteiger partial charge in [0.1, 0.15) is 18.2 Å². The van der Waals surface area contributed by atoms with Crippen LogP contribution in [0, 0.1) is 12.7 Å². The molecule has 0 bridgehead atoms. The van der Waals surface area contributed by atoms with Crippen molar-refractivity contribution in [2.45, 2.75) is 18.4 Å². The second-order valence-corrected chi connectivity index (χ2v) is 8.75. The third kappa shape index (κ3) is 4.00. The molecule has 6 heteroatoms. The van der Waals surface area contributed by atoms with Crippen LogP contribution in [0.3, 0.4) is 0 Å². The first-order chi connectivity index (χ1) is 14.4. The van der Waals surface area contributed by atoms with E-state index in [2.05, 4.69) is 0 Å². The van der Waals surface area contributed by atoms with Gasteiger partial charge in [-0.1, -0.05) is 48.5 Å². The number of halogens is 1. The van der Waals surface area contributed by atoms with Crippen molar-refractivity contribution in [1.29, 1.82) is 0 Å². The van der Waals surface area contributed by atoms with Crippen LogP contribution in [0.2, 0.25) is 0 Å². The Kier molecular flexibility index (Phi) is 5.42. The number of aryl methyl sites for hydroxylation is 1. The van der Waals surface area contributed by atoms with Crippen LogP contribution in [-0.2, 0) is 16.6 Å². The highest BCUT2D eigenvalue weighted by Gasteiger charge is 2.23. The van der Waals surface area contributed by atoms with Gasteiger partial charge < -0.3 is 4.74 Å². The summed E-state index contributed by atoms with van der Waals surface area (Å²) in [5.74, 6) is -0.0387. The van der Waals surface area contributed by atoms with Crippen molar-refractivity contribution < 1.29 is 17.5 Å². The highest BCUT2D eigenvalue weighted by Crippen LogP contribution is 2.29. The van der Waals surface area contributed by atoms with Crippen molar-refractivity contribution in [3.05, 3.63) is 108 Å². The Hall–Kier alpha value is -3.38. The van der Waals surface area contributed by atoms with Crippen molar-refractivity contribution in [2.24, 2.45) is 0 Å². The maximum absolute atomic E-state index is 14.4. The maximum Gasteiger partial charge on any atom is 0.268 e. The zero-order valence-electron chi connectivity index (χ0n) is 16.3. The summed E-state index contributed by atoms with van der Waals surface area (Å²) in [5, 5.41) is 0. The molecule has 0 radical (unpaired) electrons.